The van der Waals surface area contributed by atoms with Crippen LogP contribution in [0.25, 0.3) is 0 Å². The Kier molecular flexibility index (Phi) is 6.92. The minimum Gasteiger partial charge on any atom is -0.444 e. The van der Waals surface area contributed by atoms with Crippen molar-refractivity contribution < 1.29 is 17.9 Å². The Morgan fingerprint density at radius 3 is 2.44 bits per heavy atom. The van der Waals surface area contributed by atoms with Gasteiger partial charge in [0.05, 0.1) is 4.90 Å². The van der Waals surface area contributed by atoms with Crippen molar-refractivity contribution in [2.24, 2.45) is 11.8 Å². The Morgan fingerprint density at radius 2 is 1.89 bits per heavy atom. The summed E-state index contributed by atoms with van der Waals surface area (Å²) in [6.45, 7) is 11.5. The lowest BCUT2D eigenvalue weighted by molar-refractivity contribution is 0.0287. The van der Waals surface area contributed by atoms with Gasteiger partial charge >= 0.3 is 6.09 Å². The van der Waals surface area contributed by atoms with Crippen LogP contribution in [-0.2, 0) is 14.8 Å². The molecule has 1 aromatic carbocycles. The third-order valence-corrected chi connectivity index (χ3v) is 6.20. The Morgan fingerprint density at radius 1 is 1.26 bits per heavy atom. The summed E-state index contributed by atoms with van der Waals surface area (Å²) in [4.78, 5) is 14.3. The average molecular weight is 397 g/mol. The van der Waals surface area contributed by atoms with E-state index in [0.717, 1.165) is 6.42 Å². The third-order valence-electron chi connectivity index (χ3n) is 4.35. The summed E-state index contributed by atoms with van der Waals surface area (Å²) < 4.78 is 33.2. The van der Waals surface area contributed by atoms with E-state index in [9.17, 15) is 13.2 Å². The largest absolute Gasteiger partial charge is 0.444 e. The molecule has 7 heteroatoms. The van der Waals surface area contributed by atoms with Gasteiger partial charge in [-0.3, -0.25) is 0 Å². The molecule has 1 saturated heterocycles. The molecule has 27 heavy (non-hydrogen) atoms. The summed E-state index contributed by atoms with van der Waals surface area (Å²) in [5.74, 6) is 0.321. The Balaban J connectivity index is 2.08. The second-order valence-electron chi connectivity index (χ2n) is 8.61. The second-order valence-corrected chi connectivity index (χ2v) is 10.5. The van der Waals surface area contributed by atoms with Gasteiger partial charge in [-0.05, 0) is 51.2 Å². The molecule has 2 rings (SSSR count). The minimum atomic E-state index is -3.55. The molecule has 0 bridgehead atoms. The zero-order valence-corrected chi connectivity index (χ0v) is 17.8. The molecule has 0 aromatic heterocycles. The molecule has 1 aromatic rings. The van der Waals surface area contributed by atoms with Gasteiger partial charge in [-0.1, -0.05) is 32.0 Å². The van der Waals surface area contributed by atoms with E-state index in [1.165, 1.54) is 0 Å². The van der Waals surface area contributed by atoms with Crippen molar-refractivity contribution in [2.75, 3.05) is 26.2 Å². The summed E-state index contributed by atoms with van der Waals surface area (Å²) in [6, 6.07) is 8.54. The van der Waals surface area contributed by atoms with E-state index >= 15 is 0 Å². The maximum Gasteiger partial charge on any atom is 0.410 e. The van der Waals surface area contributed by atoms with Gasteiger partial charge in [-0.15, -0.1) is 0 Å². The van der Waals surface area contributed by atoms with Crippen molar-refractivity contribution >= 4 is 16.1 Å². The van der Waals surface area contributed by atoms with E-state index in [2.05, 4.69) is 0 Å². The van der Waals surface area contributed by atoms with Crippen LogP contribution in [0.3, 0.4) is 0 Å². The van der Waals surface area contributed by atoms with Crippen LogP contribution < -0.4 is 0 Å². The number of ether oxygens (including phenoxy) is 1. The van der Waals surface area contributed by atoms with Crippen LogP contribution in [0.5, 0.6) is 0 Å². The number of sulfonamides is 1. The topological polar surface area (TPSA) is 66.9 Å². The molecule has 0 aliphatic carbocycles. The molecule has 1 atom stereocenters. The van der Waals surface area contributed by atoms with E-state index in [0.29, 0.717) is 31.1 Å². The molecule has 152 valence electrons. The third kappa shape index (κ3) is 6.21. The Hall–Kier alpha value is -1.60. The van der Waals surface area contributed by atoms with Crippen LogP contribution in [-0.4, -0.2) is 55.5 Å². The van der Waals surface area contributed by atoms with E-state index in [-0.39, 0.29) is 17.9 Å². The van der Waals surface area contributed by atoms with Gasteiger partial charge in [-0.2, -0.15) is 4.31 Å². The molecule has 1 aliphatic rings. The standard InChI is InChI=1S/C20H32N2O4S/c1-16(2)13-22(27(24,25)18-9-7-6-8-10-18)15-17-11-12-21(14-17)19(23)26-20(3,4)5/h6-10,16-17H,11-15H2,1-5H3. The van der Waals surface area contributed by atoms with Crippen LogP contribution in [0.1, 0.15) is 41.0 Å². The lowest BCUT2D eigenvalue weighted by atomic mass is 10.1. The predicted molar refractivity (Wildman–Crippen MR) is 106 cm³/mol. The van der Waals surface area contributed by atoms with Gasteiger partial charge in [-0.25, -0.2) is 13.2 Å². The number of nitrogens with zero attached hydrogens (tertiary/aromatic N) is 2. The maximum atomic E-state index is 13.1. The van der Waals surface area contributed by atoms with Gasteiger partial charge in [0.2, 0.25) is 10.0 Å². The van der Waals surface area contributed by atoms with Crippen LogP contribution >= 0.6 is 0 Å². The van der Waals surface area contributed by atoms with E-state index in [4.69, 9.17) is 4.74 Å². The monoisotopic (exact) mass is 396 g/mol. The number of carbonyl (C=O) groups excluding carboxylic acids is 1. The first-order chi connectivity index (χ1) is 12.5. The van der Waals surface area contributed by atoms with Crippen LogP contribution in [0.2, 0.25) is 0 Å². The molecular weight excluding hydrogens is 364 g/mol. The molecule has 0 saturated carbocycles. The van der Waals surface area contributed by atoms with Gasteiger partial charge in [0.1, 0.15) is 5.60 Å². The van der Waals surface area contributed by atoms with Crippen molar-refractivity contribution in [3.05, 3.63) is 30.3 Å². The van der Waals surface area contributed by atoms with Crippen LogP contribution in [0.15, 0.2) is 35.2 Å². The zero-order valence-electron chi connectivity index (χ0n) is 17.0. The van der Waals surface area contributed by atoms with Gasteiger partial charge < -0.3 is 9.64 Å². The number of amides is 1. The van der Waals surface area contributed by atoms with Gasteiger partial charge in [0, 0.05) is 26.2 Å². The lowest BCUT2D eigenvalue weighted by Crippen LogP contribution is -2.39. The van der Waals surface area contributed by atoms with E-state index < -0.39 is 15.6 Å². The predicted octanol–water partition coefficient (Wildman–Crippen LogP) is 3.59. The number of carbonyl (C=O) groups is 1. The summed E-state index contributed by atoms with van der Waals surface area (Å²) in [5, 5.41) is 0. The highest BCUT2D eigenvalue weighted by Crippen LogP contribution is 2.24. The summed E-state index contributed by atoms with van der Waals surface area (Å²) in [7, 11) is -3.55. The van der Waals surface area contributed by atoms with Crippen molar-refractivity contribution in [1.82, 2.24) is 9.21 Å². The normalized spacial score (nSPS) is 18.3. The van der Waals surface area contributed by atoms with Crippen molar-refractivity contribution in [3.63, 3.8) is 0 Å². The highest BCUT2D eigenvalue weighted by molar-refractivity contribution is 7.89. The zero-order chi connectivity index (χ0) is 20.2. The maximum absolute atomic E-state index is 13.1. The molecule has 1 amide bonds. The molecule has 0 N–H and O–H groups in total. The Labute approximate surface area is 163 Å². The first-order valence-electron chi connectivity index (χ1n) is 9.52. The van der Waals surface area contributed by atoms with Gasteiger partial charge in [0.25, 0.3) is 0 Å². The summed E-state index contributed by atoms with van der Waals surface area (Å²) >= 11 is 0. The molecule has 1 heterocycles. The number of rotatable bonds is 6. The summed E-state index contributed by atoms with van der Waals surface area (Å²) in [6.07, 6.45) is 0.448. The Bertz CT molecular complexity index is 726. The lowest BCUT2D eigenvalue weighted by Gasteiger charge is -2.27. The minimum absolute atomic E-state index is 0.106. The molecule has 6 nitrogen and oxygen atoms in total. The van der Waals surface area contributed by atoms with Crippen molar-refractivity contribution in [2.45, 2.75) is 51.5 Å². The first-order valence-corrected chi connectivity index (χ1v) is 11.0. The molecule has 1 unspecified atom stereocenters. The molecule has 1 aliphatic heterocycles. The quantitative estimate of drug-likeness (QED) is 0.737. The fourth-order valence-corrected chi connectivity index (χ4v) is 4.88. The molecule has 1 fully saturated rings. The number of hydrogen-bond donors (Lipinski definition) is 0. The van der Waals surface area contributed by atoms with E-state index in [1.807, 2.05) is 40.7 Å². The van der Waals surface area contributed by atoms with Crippen molar-refractivity contribution in [1.29, 1.82) is 0 Å². The highest BCUT2D eigenvalue weighted by atomic mass is 32.2. The molecule has 0 radical (unpaired) electrons. The fraction of sp³-hybridized carbons (Fsp3) is 0.650. The second kappa shape index (κ2) is 8.61. The fourth-order valence-electron chi connectivity index (χ4n) is 3.18. The average Bonchev–Trinajstić information content (AvgIpc) is 3.02. The first kappa shape index (κ1) is 21.7. The molecule has 0 spiro atoms. The SMILES string of the molecule is CC(C)CN(CC1CCN(C(=O)OC(C)(C)C)C1)S(=O)(=O)c1ccccc1. The van der Waals surface area contributed by atoms with E-state index in [1.54, 1.807) is 33.5 Å². The smallest absolute Gasteiger partial charge is 0.410 e. The van der Waals surface area contributed by atoms with Crippen LogP contribution in [0, 0.1) is 11.8 Å². The van der Waals surface area contributed by atoms with Crippen LogP contribution in [0.4, 0.5) is 4.79 Å². The van der Waals surface area contributed by atoms with Gasteiger partial charge in [0.15, 0.2) is 0 Å². The van der Waals surface area contributed by atoms with Crippen molar-refractivity contribution in [3.8, 4) is 0 Å². The summed E-state index contributed by atoms with van der Waals surface area (Å²) in [5.41, 5.74) is -0.532. The molecular formula is C20H32N2O4S. The number of likely N-dealkylation sites (tertiary alicyclic amines) is 1. The number of hydrogen-bond acceptors (Lipinski definition) is 4. The number of benzene rings is 1. The highest BCUT2D eigenvalue weighted by Gasteiger charge is 2.34.